The van der Waals surface area contributed by atoms with Gasteiger partial charge in [-0.1, -0.05) is 72.8 Å². The lowest BCUT2D eigenvalue weighted by atomic mass is 9.87. The first-order valence-electron chi connectivity index (χ1n) is 48.2. The predicted octanol–water partition coefficient (Wildman–Crippen LogP) is 13.2. The Morgan fingerprint density at radius 1 is 0.264 bits per heavy atom. The monoisotopic (exact) mass is 1960 g/mol. The molecule has 2 unspecified atom stereocenters. The number of rotatable bonds is 32. The Kier molecular flexibility index (Phi) is 33.3. The van der Waals surface area contributed by atoms with Crippen LogP contribution in [0.15, 0.2) is 243 Å². The van der Waals surface area contributed by atoms with Crippen LogP contribution < -0.4 is 59.2 Å². The first-order chi connectivity index (χ1) is 70.4. The van der Waals surface area contributed by atoms with E-state index in [1.807, 2.05) is 236 Å². The van der Waals surface area contributed by atoms with E-state index in [1.54, 1.807) is 81.7 Å². The second-order valence-electron chi connectivity index (χ2n) is 35.6. The van der Waals surface area contributed by atoms with Crippen molar-refractivity contribution in [2.75, 3.05) is 183 Å². The number of ether oxygens (including phenoxy) is 8. The van der Waals surface area contributed by atoms with Crippen LogP contribution in [0.5, 0.6) is 46.0 Å². The zero-order chi connectivity index (χ0) is 100. The van der Waals surface area contributed by atoms with Crippen molar-refractivity contribution < 1.29 is 78.7 Å². The number of β-amino-alcohol motifs (C(OH)–C–C–N with tert-alkyl or cyclic N) is 8. The van der Waals surface area contributed by atoms with E-state index in [2.05, 4.69) is 60.8 Å². The molecule has 8 atom stereocenters. The van der Waals surface area contributed by atoms with Crippen LogP contribution in [0, 0.1) is 0 Å². The van der Waals surface area contributed by atoms with Gasteiger partial charge in [0.25, 0.3) is 0 Å². The zero-order valence-electron chi connectivity index (χ0n) is 81.9. The van der Waals surface area contributed by atoms with Gasteiger partial charge in [-0.05, 0) is 220 Å². The van der Waals surface area contributed by atoms with E-state index in [1.165, 1.54) is 0 Å². The Morgan fingerprint density at radius 3 is 0.667 bits per heavy atom. The number of nitrogens with one attached hydrogen (secondary N) is 4. The summed E-state index contributed by atoms with van der Waals surface area (Å²) in [4.78, 5) is 26.3. The molecule has 0 saturated carbocycles. The number of anilines is 8. The number of para-hydroxylation sites is 4. The van der Waals surface area contributed by atoms with E-state index in [9.17, 15) is 40.9 Å². The molecule has 36 nitrogen and oxygen atoms in total. The van der Waals surface area contributed by atoms with E-state index in [4.69, 9.17) is 58.3 Å². The molecule has 16 aromatic rings. The minimum atomic E-state index is -0.498. The average molecular weight is 1960 g/mol. The number of fused-ring (bicyclic) bond motifs is 4. The van der Waals surface area contributed by atoms with Crippen molar-refractivity contribution in [1.82, 2.24) is 78.0 Å². The molecule has 0 spiro atoms. The summed E-state index contributed by atoms with van der Waals surface area (Å²) in [5, 5.41) is 112. The third kappa shape index (κ3) is 23.0. The average Bonchev–Trinajstić information content (AvgIpc) is 1.69. The van der Waals surface area contributed by atoms with Crippen LogP contribution in [-0.4, -0.2) is 305 Å². The first kappa shape index (κ1) is 101. The van der Waals surface area contributed by atoms with Gasteiger partial charge in [0.1, 0.15) is 46.0 Å². The topological polar surface area (TPSA) is 418 Å². The van der Waals surface area contributed by atoms with E-state index < -0.39 is 24.4 Å². The number of nitrogens with zero attached hydrogens (tertiary/aromatic N) is 16. The van der Waals surface area contributed by atoms with Crippen LogP contribution in [0.2, 0.25) is 0 Å². The molecule has 20 rings (SSSR count). The molecule has 4 aliphatic rings. The molecule has 12 N–H and O–H groups in total. The van der Waals surface area contributed by atoms with Crippen LogP contribution in [0.25, 0.3) is 67.1 Å². The maximum Gasteiger partial charge on any atom is 0.245 e. The van der Waals surface area contributed by atoms with Crippen molar-refractivity contribution in [3.05, 3.63) is 265 Å². The van der Waals surface area contributed by atoms with Gasteiger partial charge >= 0.3 is 0 Å². The fraction of sp³-hybridized carbons (Fsp3) is 0.333. The Hall–Kier alpha value is -14.6. The Morgan fingerprint density at radius 2 is 0.472 bits per heavy atom. The second-order valence-corrected chi connectivity index (χ2v) is 35.6. The van der Waals surface area contributed by atoms with Crippen LogP contribution in [-0.2, 0) is 0 Å². The molecule has 0 aliphatic carbocycles. The summed E-state index contributed by atoms with van der Waals surface area (Å²) >= 11 is 0. The van der Waals surface area contributed by atoms with Crippen LogP contribution in [0.4, 0.5) is 46.5 Å². The molecule has 752 valence electrons. The van der Waals surface area contributed by atoms with Crippen molar-refractivity contribution in [3.63, 3.8) is 0 Å². The highest BCUT2D eigenvalue weighted by Gasteiger charge is 2.35. The summed E-state index contributed by atoms with van der Waals surface area (Å²) in [5.41, 5.74) is 17.9. The molecule has 8 aromatic heterocycles. The highest BCUT2D eigenvalue weighted by atomic mass is 16.5. The number of aliphatic hydroxyl groups is 8. The minimum Gasteiger partial charge on any atom is -0.496 e. The molecule has 0 amide bonds. The lowest BCUT2D eigenvalue weighted by Crippen LogP contribution is -2.43. The van der Waals surface area contributed by atoms with Gasteiger partial charge in [-0.25, -0.2) is 38.0 Å². The van der Waals surface area contributed by atoms with Crippen molar-refractivity contribution in [1.29, 1.82) is 0 Å². The van der Waals surface area contributed by atoms with Crippen molar-refractivity contribution in [3.8, 4) is 91.0 Å². The summed E-state index contributed by atoms with van der Waals surface area (Å²) in [6.45, 7) is 8.28. The normalized spacial score (nSPS) is 18.3. The largest absolute Gasteiger partial charge is 0.496 e. The van der Waals surface area contributed by atoms with Crippen LogP contribution >= 0.6 is 0 Å². The molecular formula is C108H124N20O16. The van der Waals surface area contributed by atoms with Gasteiger partial charge in [-0.3, -0.25) is 19.6 Å². The summed E-state index contributed by atoms with van der Waals surface area (Å²) in [6, 6.07) is 70.8. The standard InChI is InChI=1S/4C27H31N5O4/c4*1-35-25-6-4-3-5-21(25)23-10-8-19-16-28-27(30-32(19)23)29-22-9-7-18(15-26(22)36-2)20-11-12-31(13-14-33)17-24(20)34/h4*3-10,15-16,20,24,33-34H,11-14,17H2,1-2H3,(H,29,30)/t2*20?,24-;20-,24+;20-,24-/m1000/s1. The summed E-state index contributed by atoms with van der Waals surface area (Å²) in [7, 11) is 13.1. The van der Waals surface area contributed by atoms with Crippen LogP contribution in [0.1, 0.15) is 71.6 Å². The number of benzene rings is 8. The highest BCUT2D eigenvalue weighted by Crippen LogP contribution is 2.44. The van der Waals surface area contributed by atoms with Crippen molar-refractivity contribution in [2.45, 2.75) is 73.8 Å². The van der Waals surface area contributed by atoms with Crippen LogP contribution in [0.3, 0.4) is 0 Å². The molecule has 4 fully saturated rings. The summed E-state index contributed by atoms with van der Waals surface area (Å²) in [6.07, 6.45) is 8.35. The number of likely N-dealkylation sites (tertiary alicyclic amines) is 4. The van der Waals surface area contributed by atoms with Gasteiger partial charge in [-0.2, -0.15) is 0 Å². The lowest BCUT2D eigenvalue weighted by Gasteiger charge is -2.36. The highest BCUT2D eigenvalue weighted by molar-refractivity contribution is 5.78. The number of hydrogen-bond acceptors (Lipinski definition) is 32. The molecule has 36 heteroatoms. The van der Waals surface area contributed by atoms with Gasteiger partial charge in [0, 0.05) is 98.3 Å². The fourth-order valence-corrected chi connectivity index (χ4v) is 19.6. The quantitative estimate of drug-likeness (QED) is 0.0186. The Labute approximate surface area is 834 Å². The molecular weight excluding hydrogens is 1830 g/mol. The molecule has 4 saturated heterocycles. The van der Waals surface area contributed by atoms with Crippen molar-refractivity contribution in [2.24, 2.45) is 0 Å². The number of methoxy groups -OCH3 is 8. The molecule has 8 aromatic carbocycles. The lowest BCUT2D eigenvalue weighted by molar-refractivity contribution is 0.0432. The minimum absolute atomic E-state index is 0.0128. The second kappa shape index (κ2) is 47.5. The van der Waals surface area contributed by atoms with Gasteiger partial charge < -0.3 is 100 Å². The number of aliphatic hydroxyl groups excluding tert-OH is 8. The SMILES string of the molecule is COc1cc(C2CCN(CCO)C[C@@H]2O)ccc1Nc1ncc2ccc(-c3ccccc3OC)n2n1.COc1cc(C2CCN(CCO)C[C@H]2O)ccc1Nc1ncc2ccc(-c3ccccc3OC)n2n1.COc1cc([C@@H]2CCN(CCO)C[C@@H]2O)ccc1Nc1ncc2ccc(-c3ccccc3OC)n2n1.COc1cc([C@@H]2CCN(CCO)C[C@H]2O)ccc1Nc1ncc2ccc(-c3ccccc3OC)n2n1. The van der Waals surface area contributed by atoms with Gasteiger partial charge in [0.15, 0.2) is 0 Å². The smallest absolute Gasteiger partial charge is 0.245 e. The Bertz CT molecular complexity index is 6180. The molecule has 4 aliphatic heterocycles. The van der Waals surface area contributed by atoms with E-state index in [0.29, 0.717) is 99.1 Å². The van der Waals surface area contributed by atoms with E-state index >= 15 is 0 Å². The number of piperidine rings is 4. The fourth-order valence-electron chi connectivity index (χ4n) is 19.6. The third-order valence-corrected chi connectivity index (χ3v) is 27.1. The van der Waals surface area contributed by atoms with Gasteiger partial charge in [0.05, 0.1) is 200 Å². The third-order valence-electron chi connectivity index (χ3n) is 27.1. The molecule has 12 heterocycles. The summed E-state index contributed by atoms with van der Waals surface area (Å²) < 4.78 is 52.2. The van der Waals surface area contributed by atoms with Crippen molar-refractivity contribution >= 4 is 68.6 Å². The first-order valence-corrected chi connectivity index (χ1v) is 48.2. The maximum atomic E-state index is 10.7. The van der Waals surface area contributed by atoms with E-state index in [-0.39, 0.29) is 50.1 Å². The maximum absolute atomic E-state index is 10.7. The molecule has 0 radical (unpaired) electrons. The molecule has 144 heavy (non-hydrogen) atoms. The predicted molar refractivity (Wildman–Crippen MR) is 553 cm³/mol. The van der Waals surface area contributed by atoms with Gasteiger partial charge in [-0.15, -0.1) is 20.4 Å². The number of aromatic nitrogens is 12. The van der Waals surface area contributed by atoms with E-state index in [0.717, 1.165) is 187 Å². The zero-order valence-corrected chi connectivity index (χ0v) is 81.9. The number of hydrogen-bond donors (Lipinski definition) is 12. The van der Waals surface area contributed by atoms with Gasteiger partial charge in [0.2, 0.25) is 23.8 Å². The molecule has 0 bridgehead atoms. The summed E-state index contributed by atoms with van der Waals surface area (Å²) in [5.74, 6) is 7.46. The Balaban J connectivity index is 0.000000132.